The third-order valence-corrected chi connectivity index (χ3v) is 2.25. The largest absolute Gasteiger partial charge is 0.332 e. The Hall–Kier alpha value is -0.790. The zero-order chi connectivity index (χ0) is 7.84. The van der Waals surface area contributed by atoms with Crippen LogP contribution < -0.4 is 0 Å². The first-order valence-corrected chi connectivity index (χ1v) is 4.30. The van der Waals surface area contributed by atoms with Gasteiger partial charge in [0.2, 0.25) is 0 Å². The van der Waals surface area contributed by atoms with Crippen LogP contribution in [0.25, 0.3) is 0 Å². The first kappa shape index (κ1) is 6.89. The molecule has 0 unspecified atom stereocenters. The van der Waals surface area contributed by atoms with E-state index in [2.05, 4.69) is 23.4 Å². The first-order valence-electron chi connectivity index (χ1n) is 4.30. The fraction of sp³-hybridized carbons (Fsp3) is 0.667. The van der Waals surface area contributed by atoms with Crippen molar-refractivity contribution in [2.75, 3.05) is 0 Å². The van der Waals surface area contributed by atoms with Gasteiger partial charge >= 0.3 is 0 Å². The molecule has 0 amide bonds. The van der Waals surface area contributed by atoms with E-state index in [-0.39, 0.29) is 0 Å². The minimum Gasteiger partial charge on any atom is -0.332 e. The van der Waals surface area contributed by atoms with Crippen molar-refractivity contribution in [3.8, 4) is 0 Å². The van der Waals surface area contributed by atoms with Gasteiger partial charge in [0.25, 0.3) is 0 Å². The molecule has 0 bridgehead atoms. The van der Waals surface area contributed by atoms with Crippen LogP contribution in [0.2, 0.25) is 0 Å². The van der Waals surface area contributed by atoms with Gasteiger partial charge in [0, 0.05) is 23.9 Å². The molecule has 0 saturated heterocycles. The Labute approximate surface area is 67.3 Å². The van der Waals surface area contributed by atoms with E-state index < -0.39 is 0 Å². The maximum atomic E-state index is 4.17. The molecule has 1 aromatic rings. The SMILES string of the molecule is CC(C)n1cncc1C1CC1. The minimum atomic E-state index is 0.563. The third-order valence-electron chi connectivity index (χ3n) is 2.25. The minimum absolute atomic E-state index is 0.563. The van der Waals surface area contributed by atoms with Crippen LogP contribution in [-0.4, -0.2) is 9.55 Å². The zero-order valence-corrected chi connectivity index (χ0v) is 7.12. The second-order valence-corrected chi connectivity index (χ2v) is 3.59. The summed E-state index contributed by atoms with van der Waals surface area (Å²) in [5, 5.41) is 0. The van der Waals surface area contributed by atoms with E-state index in [1.54, 1.807) is 0 Å². The van der Waals surface area contributed by atoms with Crippen molar-refractivity contribution in [1.29, 1.82) is 0 Å². The molecule has 0 N–H and O–H groups in total. The molecule has 1 heterocycles. The molecule has 60 valence electrons. The van der Waals surface area contributed by atoms with Crippen molar-refractivity contribution in [1.82, 2.24) is 9.55 Å². The summed E-state index contributed by atoms with van der Waals surface area (Å²) >= 11 is 0. The molecule has 1 aliphatic rings. The quantitative estimate of drug-likeness (QED) is 0.632. The average molecular weight is 150 g/mol. The zero-order valence-electron chi connectivity index (χ0n) is 7.12. The molecule has 0 spiro atoms. The third kappa shape index (κ3) is 1.17. The number of imidazole rings is 1. The van der Waals surface area contributed by atoms with Gasteiger partial charge in [-0.25, -0.2) is 4.98 Å². The molecule has 0 aliphatic heterocycles. The molecule has 1 aromatic heterocycles. The van der Waals surface area contributed by atoms with Gasteiger partial charge in [-0.3, -0.25) is 0 Å². The summed E-state index contributed by atoms with van der Waals surface area (Å²) in [6.07, 6.45) is 6.67. The molecule has 0 radical (unpaired) electrons. The van der Waals surface area contributed by atoms with E-state index >= 15 is 0 Å². The predicted octanol–water partition coefficient (Wildman–Crippen LogP) is 2.34. The van der Waals surface area contributed by atoms with Crippen LogP contribution in [0, 0.1) is 0 Å². The van der Waals surface area contributed by atoms with Crippen LogP contribution in [0.15, 0.2) is 12.5 Å². The van der Waals surface area contributed by atoms with Gasteiger partial charge in [0.15, 0.2) is 0 Å². The second-order valence-electron chi connectivity index (χ2n) is 3.59. The van der Waals surface area contributed by atoms with Crippen LogP contribution in [-0.2, 0) is 0 Å². The summed E-state index contributed by atoms with van der Waals surface area (Å²) in [6.45, 7) is 4.40. The molecule has 0 aromatic carbocycles. The van der Waals surface area contributed by atoms with E-state index in [4.69, 9.17) is 0 Å². The maximum absolute atomic E-state index is 4.17. The van der Waals surface area contributed by atoms with Crippen LogP contribution in [0.4, 0.5) is 0 Å². The molecule has 1 fully saturated rings. The molecule has 0 atom stereocenters. The fourth-order valence-electron chi connectivity index (χ4n) is 1.44. The summed E-state index contributed by atoms with van der Waals surface area (Å²) in [5.41, 5.74) is 1.43. The number of aromatic nitrogens is 2. The highest BCUT2D eigenvalue weighted by Crippen LogP contribution is 2.40. The molecule has 1 aliphatic carbocycles. The molecule has 1 saturated carbocycles. The Bertz CT molecular complexity index is 229. The number of hydrogen-bond donors (Lipinski definition) is 0. The lowest BCUT2D eigenvalue weighted by molar-refractivity contribution is 0.574. The van der Waals surface area contributed by atoms with Crippen LogP contribution in [0.1, 0.15) is 44.3 Å². The van der Waals surface area contributed by atoms with E-state index in [0.717, 1.165) is 5.92 Å². The lowest BCUT2D eigenvalue weighted by atomic mass is 10.3. The summed E-state index contributed by atoms with van der Waals surface area (Å²) in [4.78, 5) is 4.17. The van der Waals surface area contributed by atoms with Crippen molar-refractivity contribution >= 4 is 0 Å². The van der Waals surface area contributed by atoms with Gasteiger partial charge in [-0.1, -0.05) is 0 Å². The Balaban J connectivity index is 2.30. The highest BCUT2D eigenvalue weighted by atomic mass is 15.1. The van der Waals surface area contributed by atoms with Gasteiger partial charge in [-0.15, -0.1) is 0 Å². The summed E-state index contributed by atoms with van der Waals surface area (Å²) in [6, 6.07) is 0.563. The van der Waals surface area contributed by atoms with Crippen molar-refractivity contribution in [2.45, 2.75) is 38.6 Å². The average Bonchev–Trinajstić information content (AvgIpc) is 2.68. The summed E-state index contributed by atoms with van der Waals surface area (Å²) in [7, 11) is 0. The smallest absolute Gasteiger partial charge is 0.0950 e. The Morgan fingerprint density at radius 3 is 2.82 bits per heavy atom. The Morgan fingerprint density at radius 2 is 2.27 bits per heavy atom. The Kier molecular flexibility index (Phi) is 1.48. The fourth-order valence-corrected chi connectivity index (χ4v) is 1.44. The number of rotatable bonds is 2. The van der Waals surface area contributed by atoms with Gasteiger partial charge in [-0.05, 0) is 26.7 Å². The predicted molar refractivity (Wildman–Crippen MR) is 44.6 cm³/mol. The standard InChI is InChI=1S/C9H14N2/c1-7(2)11-6-10-5-9(11)8-3-4-8/h5-8H,3-4H2,1-2H3. The van der Waals surface area contributed by atoms with E-state index in [0.29, 0.717) is 6.04 Å². The second kappa shape index (κ2) is 2.36. The van der Waals surface area contributed by atoms with Crippen molar-refractivity contribution in [3.05, 3.63) is 18.2 Å². The van der Waals surface area contributed by atoms with Gasteiger partial charge < -0.3 is 4.57 Å². The number of nitrogens with zero attached hydrogens (tertiary/aromatic N) is 2. The first-order chi connectivity index (χ1) is 5.29. The molecular weight excluding hydrogens is 136 g/mol. The van der Waals surface area contributed by atoms with Crippen LogP contribution >= 0.6 is 0 Å². The molecule has 2 rings (SSSR count). The molecule has 2 nitrogen and oxygen atoms in total. The monoisotopic (exact) mass is 150 g/mol. The molecule has 11 heavy (non-hydrogen) atoms. The van der Waals surface area contributed by atoms with Crippen molar-refractivity contribution in [3.63, 3.8) is 0 Å². The summed E-state index contributed by atoms with van der Waals surface area (Å²) < 4.78 is 2.28. The highest BCUT2D eigenvalue weighted by molar-refractivity contribution is 5.13. The number of hydrogen-bond acceptors (Lipinski definition) is 1. The molecular formula is C9H14N2. The normalized spacial score (nSPS) is 17.7. The van der Waals surface area contributed by atoms with Crippen LogP contribution in [0.3, 0.4) is 0 Å². The Morgan fingerprint density at radius 1 is 1.55 bits per heavy atom. The van der Waals surface area contributed by atoms with E-state index in [1.165, 1.54) is 18.5 Å². The highest BCUT2D eigenvalue weighted by Gasteiger charge is 2.27. The lowest BCUT2D eigenvalue weighted by Gasteiger charge is -2.10. The maximum Gasteiger partial charge on any atom is 0.0950 e. The van der Waals surface area contributed by atoms with Gasteiger partial charge in [0.05, 0.1) is 6.33 Å². The van der Waals surface area contributed by atoms with Gasteiger partial charge in [0.1, 0.15) is 0 Å². The van der Waals surface area contributed by atoms with Gasteiger partial charge in [-0.2, -0.15) is 0 Å². The van der Waals surface area contributed by atoms with Crippen molar-refractivity contribution < 1.29 is 0 Å². The van der Waals surface area contributed by atoms with E-state index in [9.17, 15) is 0 Å². The van der Waals surface area contributed by atoms with Crippen LogP contribution in [0.5, 0.6) is 0 Å². The summed E-state index contributed by atoms with van der Waals surface area (Å²) in [5.74, 6) is 0.819. The lowest BCUT2D eigenvalue weighted by Crippen LogP contribution is -2.02. The molecule has 2 heteroatoms. The van der Waals surface area contributed by atoms with Crippen molar-refractivity contribution in [2.24, 2.45) is 0 Å². The van der Waals surface area contributed by atoms with E-state index in [1.807, 2.05) is 12.5 Å². The topological polar surface area (TPSA) is 17.8 Å².